The summed E-state index contributed by atoms with van der Waals surface area (Å²) in [6.07, 6.45) is 3.03. The number of hydrogen-bond acceptors (Lipinski definition) is 6. The second-order valence-electron chi connectivity index (χ2n) is 13.2. The largest absolute Gasteiger partial charge is 0.478 e. The summed E-state index contributed by atoms with van der Waals surface area (Å²) in [7, 11) is -2.22. The van der Waals surface area contributed by atoms with Gasteiger partial charge in [0.1, 0.15) is 16.3 Å². The minimum Gasteiger partial charge on any atom is -0.478 e. The van der Waals surface area contributed by atoms with Gasteiger partial charge in [-0.25, -0.2) is 9.78 Å². The Morgan fingerprint density at radius 3 is 2.31 bits per heavy atom. The normalized spacial score (nSPS) is 21.0. The monoisotopic (exact) mass is 574 g/mol. The number of aromatic nitrogens is 1. The Bertz CT molecular complexity index is 1200. The maximum atomic E-state index is 13.8. The molecule has 2 N–H and O–H groups in total. The summed E-state index contributed by atoms with van der Waals surface area (Å²) in [5.74, 6) is -1.31. The first-order valence-corrected chi connectivity index (χ1v) is 16.8. The Morgan fingerprint density at radius 1 is 1.18 bits per heavy atom. The van der Waals surface area contributed by atoms with Crippen LogP contribution in [-0.4, -0.2) is 47.5 Å². The average Bonchev–Trinajstić information content (AvgIpc) is 3.23. The van der Waals surface area contributed by atoms with Gasteiger partial charge >= 0.3 is 11.9 Å². The van der Waals surface area contributed by atoms with Crippen molar-refractivity contribution in [3.05, 3.63) is 63.9 Å². The number of aryl methyl sites for hydroxylation is 1. The van der Waals surface area contributed by atoms with Crippen LogP contribution in [0.4, 0.5) is 0 Å². The van der Waals surface area contributed by atoms with Gasteiger partial charge in [0.05, 0.1) is 11.7 Å². The number of nitrogens with zero attached hydrogens (tertiary/aromatic N) is 1. The second kappa shape index (κ2) is 11.3. The predicted octanol–water partition coefficient (Wildman–Crippen LogP) is 6.88. The first-order valence-electron chi connectivity index (χ1n) is 13.5. The van der Waals surface area contributed by atoms with Crippen LogP contribution in [0.5, 0.6) is 0 Å². The van der Waals surface area contributed by atoms with E-state index < -0.39 is 25.4 Å². The lowest BCUT2D eigenvalue weighted by atomic mass is 9.88. The van der Waals surface area contributed by atoms with Crippen molar-refractivity contribution >= 4 is 31.9 Å². The van der Waals surface area contributed by atoms with Crippen molar-refractivity contribution in [2.45, 2.75) is 109 Å². The fraction of sp³-hybridized carbons (Fsp3) is 0.567. The molecule has 39 heavy (non-hydrogen) atoms. The van der Waals surface area contributed by atoms with Crippen molar-refractivity contribution in [3.8, 4) is 0 Å². The van der Waals surface area contributed by atoms with Crippen molar-refractivity contribution in [1.29, 1.82) is 0 Å². The van der Waals surface area contributed by atoms with E-state index in [0.717, 1.165) is 16.7 Å². The van der Waals surface area contributed by atoms with Crippen molar-refractivity contribution in [2.75, 3.05) is 0 Å². The number of esters is 1. The molecule has 0 unspecified atom stereocenters. The molecule has 3 atom stereocenters. The summed E-state index contributed by atoms with van der Waals surface area (Å²) in [5, 5.41) is 13.4. The molecule has 1 aliphatic rings. The Hall–Kier alpha value is -2.26. The lowest BCUT2D eigenvalue weighted by molar-refractivity contribution is -0.163. The van der Waals surface area contributed by atoms with Gasteiger partial charge in [0.25, 0.3) is 0 Å². The fourth-order valence-electron chi connectivity index (χ4n) is 4.60. The van der Waals surface area contributed by atoms with Gasteiger partial charge < -0.3 is 14.3 Å². The molecule has 214 valence electrons. The molecule has 0 bridgehead atoms. The Morgan fingerprint density at radius 2 is 1.79 bits per heavy atom. The van der Waals surface area contributed by atoms with E-state index in [1.807, 2.05) is 33.8 Å². The number of carboxylic acid groups (broad SMARTS) is 1. The lowest BCUT2D eigenvalue weighted by Gasteiger charge is -2.41. The maximum Gasteiger partial charge on any atom is 0.335 e. The number of pyridine rings is 1. The molecule has 0 saturated carbocycles. The van der Waals surface area contributed by atoms with Crippen LogP contribution in [-0.2, 0) is 20.4 Å². The summed E-state index contributed by atoms with van der Waals surface area (Å²) in [5.41, 5.74) is 1.19. The van der Waals surface area contributed by atoms with Crippen molar-refractivity contribution < 1.29 is 23.9 Å². The van der Waals surface area contributed by atoms with Gasteiger partial charge in [-0.2, -0.15) is 0 Å². The first kappa shape index (κ1) is 31.3. The molecule has 1 aliphatic heterocycles. The van der Waals surface area contributed by atoms with Crippen LogP contribution in [0.15, 0.2) is 36.5 Å². The van der Waals surface area contributed by atoms with E-state index in [9.17, 15) is 14.7 Å². The van der Waals surface area contributed by atoms with Gasteiger partial charge in [0, 0.05) is 18.7 Å². The van der Waals surface area contributed by atoms with Crippen molar-refractivity contribution in [3.63, 3.8) is 0 Å². The smallest absolute Gasteiger partial charge is 0.335 e. The molecular weight excluding hydrogens is 532 g/mol. The summed E-state index contributed by atoms with van der Waals surface area (Å²) in [6.45, 7) is 18.6. The third kappa shape index (κ3) is 7.48. The van der Waals surface area contributed by atoms with E-state index in [0.29, 0.717) is 24.4 Å². The summed E-state index contributed by atoms with van der Waals surface area (Å²) >= 11 is 6.26. The van der Waals surface area contributed by atoms with Crippen molar-refractivity contribution in [1.82, 2.24) is 10.3 Å². The quantitative estimate of drug-likeness (QED) is 0.201. The Balaban J connectivity index is 2.02. The third-order valence-electron chi connectivity index (χ3n) is 7.80. The minimum absolute atomic E-state index is 0.0209. The summed E-state index contributed by atoms with van der Waals surface area (Å²) in [4.78, 5) is 29.5. The SMILES string of the molecule is Cc1cc([C@@H](O[Si](C)(C)C(C)(C)C)[C@H]2CC[C@](Cc3ccc(C(=O)O)cc3)(C(=O)OC(C)(C)C)N2)cnc1Cl. The highest BCUT2D eigenvalue weighted by Crippen LogP contribution is 2.43. The van der Waals surface area contributed by atoms with Crippen LogP contribution in [0, 0.1) is 6.92 Å². The number of hydrogen-bond donors (Lipinski definition) is 2. The second-order valence-corrected chi connectivity index (χ2v) is 18.3. The highest BCUT2D eigenvalue weighted by atomic mass is 35.5. The molecule has 0 spiro atoms. The molecule has 1 fully saturated rings. The van der Waals surface area contributed by atoms with Gasteiger partial charge in [0.2, 0.25) is 0 Å². The summed E-state index contributed by atoms with van der Waals surface area (Å²) < 4.78 is 12.9. The number of ether oxygens (including phenoxy) is 1. The lowest BCUT2D eigenvalue weighted by Crippen LogP contribution is -2.56. The number of benzene rings is 1. The van der Waals surface area contributed by atoms with Crippen LogP contribution in [0.25, 0.3) is 0 Å². The molecule has 3 rings (SSSR count). The fourth-order valence-corrected chi connectivity index (χ4v) is 5.99. The number of nitrogens with one attached hydrogen (secondary N) is 1. The van der Waals surface area contributed by atoms with E-state index in [-0.39, 0.29) is 28.7 Å². The zero-order chi connectivity index (χ0) is 29.4. The average molecular weight is 575 g/mol. The highest BCUT2D eigenvalue weighted by Gasteiger charge is 2.51. The van der Waals surface area contributed by atoms with Crippen molar-refractivity contribution in [2.24, 2.45) is 0 Å². The van der Waals surface area contributed by atoms with Gasteiger partial charge in [-0.3, -0.25) is 10.1 Å². The first-order chi connectivity index (χ1) is 17.8. The number of carbonyl (C=O) groups excluding carboxylic acids is 1. The highest BCUT2D eigenvalue weighted by molar-refractivity contribution is 6.74. The molecule has 0 radical (unpaired) electrons. The van der Waals surface area contributed by atoms with E-state index in [2.05, 4.69) is 44.2 Å². The third-order valence-corrected chi connectivity index (χ3v) is 12.6. The maximum absolute atomic E-state index is 13.8. The number of halogens is 1. The zero-order valence-corrected chi connectivity index (χ0v) is 26.4. The van der Waals surface area contributed by atoms with Gasteiger partial charge in [-0.05, 0) is 93.6 Å². The van der Waals surface area contributed by atoms with E-state index >= 15 is 0 Å². The standard InChI is InChI=1S/C30H43ClN2O5Si/c1-19-16-22(18-32-25(19)31)24(38-39(8,9)29(5,6)7)23-14-15-30(33-23,27(36)37-28(2,3)4)17-20-10-12-21(13-11-20)26(34)35/h10-13,16,18,23-24,33H,14-15,17H2,1-9H3,(H,34,35)/t23-,24-,30+/m1/s1. The molecule has 1 aromatic heterocycles. The van der Waals surface area contributed by atoms with Crippen LogP contribution >= 0.6 is 11.6 Å². The Kier molecular flexibility index (Phi) is 9.07. The molecule has 7 nitrogen and oxygen atoms in total. The van der Waals surface area contributed by atoms with Crippen LogP contribution in [0.3, 0.4) is 0 Å². The van der Waals surface area contributed by atoms with E-state index in [4.69, 9.17) is 20.8 Å². The molecular formula is C30H43ClN2O5Si. The molecule has 0 aliphatic carbocycles. The molecule has 1 aromatic carbocycles. The van der Waals surface area contributed by atoms with E-state index in [1.165, 1.54) is 0 Å². The molecule has 1 saturated heterocycles. The molecule has 0 amide bonds. The minimum atomic E-state index is -2.22. The van der Waals surface area contributed by atoms with Gasteiger partial charge in [-0.15, -0.1) is 0 Å². The van der Waals surface area contributed by atoms with Crippen LogP contribution in [0.2, 0.25) is 23.3 Å². The Labute approximate surface area is 238 Å². The van der Waals surface area contributed by atoms with E-state index in [1.54, 1.807) is 30.5 Å². The topological polar surface area (TPSA) is 97.8 Å². The number of aromatic carboxylic acids is 1. The zero-order valence-electron chi connectivity index (χ0n) is 24.6. The number of carboxylic acids is 1. The van der Waals surface area contributed by atoms with Gasteiger partial charge in [-0.1, -0.05) is 44.5 Å². The predicted molar refractivity (Wildman–Crippen MR) is 157 cm³/mol. The van der Waals surface area contributed by atoms with Crippen LogP contribution in [0.1, 0.15) is 87.5 Å². The molecule has 2 aromatic rings. The molecule has 2 heterocycles. The number of rotatable bonds is 8. The molecule has 9 heteroatoms. The number of carbonyl (C=O) groups is 2. The van der Waals surface area contributed by atoms with Crippen LogP contribution < -0.4 is 5.32 Å². The van der Waals surface area contributed by atoms with Gasteiger partial charge in [0.15, 0.2) is 8.32 Å². The summed E-state index contributed by atoms with van der Waals surface area (Å²) in [6, 6.07) is 8.51.